The van der Waals surface area contributed by atoms with Crippen molar-refractivity contribution < 1.29 is 9.59 Å². The summed E-state index contributed by atoms with van der Waals surface area (Å²) < 4.78 is 0. The van der Waals surface area contributed by atoms with Crippen molar-refractivity contribution in [2.24, 2.45) is 5.92 Å². The highest BCUT2D eigenvalue weighted by molar-refractivity contribution is 7.80. The van der Waals surface area contributed by atoms with Crippen molar-refractivity contribution in [1.82, 2.24) is 16.2 Å². The van der Waals surface area contributed by atoms with Crippen LogP contribution in [0, 0.1) is 5.92 Å². The highest BCUT2D eigenvalue weighted by Gasteiger charge is 2.18. The molecular formula is C17H23N3O2S. The van der Waals surface area contributed by atoms with Gasteiger partial charge in [-0.1, -0.05) is 43.2 Å². The molecular weight excluding hydrogens is 310 g/mol. The fourth-order valence-corrected chi connectivity index (χ4v) is 2.94. The third-order valence-corrected chi connectivity index (χ3v) is 4.20. The fraction of sp³-hybridized carbons (Fsp3) is 0.471. The molecule has 2 amide bonds. The van der Waals surface area contributed by atoms with E-state index in [2.05, 4.69) is 16.2 Å². The Morgan fingerprint density at radius 2 is 1.74 bits per heavy atom. The maximum atomic E-state index is 11.8. The summed E-state index contributed by atoms with van der Waals surface area (Å²) in [4.78, 5) is 23.6. The largest absolute Gasteiger partial charge is 0.302 e. The summed E-state index contributed by atoms with van der Waals surface area (Å²) in [5.74, 6) is 0.215. The molecule has 0 spiro atoms. The van der Waals surface area contributed by atoms with Gasteiger partial charge in [0, 0.05) is 12.8 Å². The molecule has 0 bridgehead atoms. The number of carbonyl (C=O) groups excluding carboxylic acids is 2. The molecule has 1 aromatic rings. The lowest BCUT2D eigenvalue weighted by atomic mass is 10.0. The second-order valence-corrected chi connectivity index (χ2v) is 6.30. The predicted molar refractivity (Wildman–Crippen MR) is 93.4 cm³/mol. The molecule has 0 heterocycles. The van der Waals surface area contributed by atoms with Crippen molar-refractivity contribution in [2.75, 3.05) is 0 Å². The maximum absolute atomic E-state index is 11.8. The van der Waals surface area contributed by atoms with Crippen molar-refractivity contribution >= 4 is 29.1 Å². The van der Waals surface area contributed by atoms with Gasteiger partial charge in [-0.05, 0) is 43.0 Å². The van der Waals surface area contributed by atoms with E-state index in [1.54, 1.807) is 0 Å². The number of aryl methyl sites for hydroxylation is 1. The number of benzene rings is 1. The van der Waals surface area contributed by atoms with Gasteiger partial charge in [0.2, 0.25) is 11.8 Å². The second-order valence-electron chi connectivity index (χ2n) is 5.89. The lowest BCUT2D eigenvalue weighted by Crippen LogP contribution is -2.48. The summed E-state index contributed by atoms with van der Waals surface area (Å²) in [7, 11) is 0. The average Bonchev–Trinajstić information content (AvgIpc) is 3.04. The van der Waals surface area contributed by atoms with Gasteiger partial charge in [0.1, 0.15) is 0 Å². The molecule has 1 aliphatic carbocycles. The predicted octanol–water partition coefficient (Wildman–Crippen LogP) is 2.22. The van der Waals surface area contributed by atoms with Crippen LogP contribution in [-0.4, -0.2) is 16.9 Å². The quantitative estimate of drug-likeness (QED) is 0.571. The van der Waals surface area contributed by atoms with E-state index in [0.717, 1.165) is 18.4 Å². The first kappa shape index (κ1) is 17.4. The summed E-state index contributed by atoms with van der Waals surface area (Å²) >= 11 is 5.01. The first-order valence-corrected chi connectivity index (χ1v) is 8.47. The number of nitrogens with one attached hydrogen (secondary N) is 3. The van der Waals surface area contributed by atoms with E-state index in [0.29, 0.717) is 25.2 Å². The SMILES string of the molecule is O=C(CCc1ccccc1)NNC(=S)NC(=O)CC1CCCC1. The average molecular weight is 333 g/mol. The van der Waals surface area contributed by atoms with E-state index in [-0.39, 0.29) is 16.9 Å². The van der Waals surface area contributed by atoms with E-state index in [9.17, 15) is 9.59 Å². The van der Waals surface area contributed by atoms with Gasteiger partial charge in [0.15, 0.2) is 5.11 Å². The molecule has 2 rings (SSSR count). The van der Waals surface area contributed by atoms with Crippen LogP contribution in [0.4, 0.5) is 0 Å². The lowest BCUT2D eigenvalue weighted by Gasteiger charge is -2.12. The monoisotopic (exact) mass is 333 g/mol. The summed E-state index contributed by atoms with van der Waals surface area (Å²) in [5.41, 5.74) is 6.19. The molecule has 0 aliphatic heterocycles. The normalized spacial score (nSPS) is 14.3. The Balaban J connectivity index is 1.59. The fourth-order valence-electron chi connectivity index (χ4n) is 2.78. The molecule has 0 unspecified atom stereocenters. The highest BCUT2D eigenvalue weighted by atomic mass is 32.1. The van der Waals surface area contributed by atoms with E-state index < -0.39 is 0 Å². The molecule has 1 saturated carbocycles. The van der Waals surface area contributed by atoms with Crippen LogP contribution in [0.15, 0.2) is 30.3 Å². The Morgan fingerprint density at radius 1 is 1.04 bits per heavy atom. The van der Waals surface area contributed by atoms with Gasteiger partial charge in [0.05, 0.1) is 0 Å². The summed E-state index contributed by atoms with van der Waals surface area (Å²) in [6.07, 6.45) is 6.17. The van der Waals surface area contributed by atoms with Crippen LogP contribution in [0.2, 0.25) is 0 Å². The first-order chi connectivity index (χ1) is 11.1. The second kappa shape index (κ2) is 9.25. The number of carbonyl (C=O) groups is 2. The molecule has 23 heavy (non-hydrogen) atoms. The highest BCUT2D eigenvalue weighted by Crippen LogP contribution is 2.27. The molecule has 3 N–H and O–H groups in total. The third kappa shape index (κ3) is 6.78. The van der Waals surface area contributed by atoms with Crippen molar-refractivity contribution in [2.45, 2.75) is 44.9 Å². The van der Waals surface area contributed by atoms with Crippen LogP contribution < -0.4 is 16.2 Å². The minimum Gasteiger partial charge on any atom is -0.302 e. The summed E-state index contributed by atoms with van der Waals surface area (Å²) in [6, 6.07) is 9.79. The van der Waals surface area contributed by atoms with Gasteiger partial charge in [0.25, 0.3) is 0 Å². The van der Waals surface area contributed by atoms with Gasteiger partial charge in [-0.3, -0.25) is 20.4 Å². The van der Waals surface area contributed by atoms with Crippen molar-refractivity contribution in [1.29, 1.82) is 0 Å². The summed E-state index contributed by atoms with van der Waals surface area (Å²) in [5, 5.41) is 2.74. The number of hydrogen-bond acceptors (Lipinski definition) is 3. The van der Waals surface area contributed by atoms with Crippen LogP contribution in [0.25, 0.3) is 0 Å². The molecule has 0 radical (unpaired) electrons. The molecule has 1 aromatic carbocycles. The van der Waals surface area contributed by atoms with Gasteiger partial charge >= 0.3 is 0 Å². The molecule has 124 valence electrons. The van der Waals surface area contributed by atoms with Gasteiger partial charge in [-0.25, -0.2) is 0 Å². The van der Waals surface area contributed by atoms with Crippen molar-refractivity contribution in [3.8, 4) is 0 Å². The number of thiocarbonyl (C=S) groups is 1. The standard InChI is InChI=1S/C17H23N3O2S/c21-15(11-10-13-6-2-1-3-7-13)19-20-17(23)18-16(22)12-14-8-4-5-9-14/h1-3,6-7,14H,4-5,8-12H2,(H,19,21)(H2,18,20,22,23). The molecule has 1 aliphatic rings. The van der Waals surface area contributed by atoms with Crippen molar-refractivity contribution in [3.63, 3.8) is 0 Å². The number of rotatable bonds is 5. The Bertz CT molecular complexity index is 542. The first-order valence-electron chi connectivity index (χ1n) is 8.06. The number of hydrazine groups is 1. The zero-order valence-corrected chi connectivity index (χ0v) is 14.0. The topological polar surface area (TPSA) is 70.2 Å². The Kier molecular flexibility index (Phi) is 7.00. The van der Waals surface area contributed by atoms with Gasteiger partial charge in [-0.15, -0.1) is 0 Å². The van der Waals surface area contributed by atoms with Crippen LogP contribution in [0.3, 0.4) is 0 Å². The minimum absolute atomic E-state index is 0.0899. The van der Waals surface area contributed by atoms with Crippen LogP contribution in [-0.2, 0) is 16.0 Å². The molecule has 6 heteroatoms. The smallest absolute Gasteiger partial charge is 0.238 e. The van der Waals surface area contributed by atoms with E-state index in [4.69, 9.17) is 12.2 Å². The summed E-state index contributed by atoms with van der Waals surface area (Å²) in [6.45, 7) is 0. The minimum atomic E-state index is -0.166. The van der Waals surface area contributed by atoms with Crippen LogP contribution in [0.5, 0.6) is 0 Å². The Labute approximate surface area is 142 Å². The van der Waals surface area contributed by atoms with Crippen LogP contribution in [0.1, 0.15) is 44.1 Å². The number of hydrogen-bond donors (Lipinski definition) is 3. The molecule has 0 saturated heterocycles. The lowest BCUT2D eigenvalue weighted by molar-refractivity contribution is -0.122. The van der Waals surface area contributed by atoms with E-state index in [1.165, 1.54) is 12.8 Å². The van der Waals surface area contributed by atoms with Gasteiger partial charge < -0.3 is 5.32 Å². The number of amides is 2. The van der Waals surface area contributed by atoms with Crippen molar-refractivity contribution in [3.05, 3.63) is 35.9 Å². The van der Waals surface area contributed by atoms with Crippen LogP contribution >= 0.6 is 12.2 Å². The zero-order chi connectivity index (χ0) is 16.5. The van der Waals surface area contributed by atoms with E-state index >= 15 is 0 Å². The molecule has 0 atom stereocenters. The molecule has 5 nitrogen and oxygen atoms in total. The maximum Gasteiger partial charge on any atom is 0.238 e. The van der Waals surface area contributed by atoms with Gasteiger partial charge in [-0.2, -0.15) is 0 Å². The third-order valence-electron chi connectivity index (χ3n) is 4.00. The molecule has 1 fully saturated rings. The van der Waals surface area contributed by atoms with E-state index in [1.807, 2.05) is 30.3 Å². The zero-order valence-electron chi connectivity index (χ0n) is 13.1. The molecule has 0 aromatic heterocycles. The Hall–Kier alpha value is -1.95. The Morgan fingerprint density at radius 3 is 2.43 bits per heavy atom.